The molecule has 0 spiro atoms. The predicted octanol–water partition coefficient (Wildman–Crippen LogP) is 2.61. The fraction of sp³-hybridized carbons (Fsp3) is 0.0588. The van der Waals surface area contributed by atoms with E-state index < -0.39 is 11.7 Å². The average Bonchev–Trinajstić information content (AvgIpc) is 2.63. The molecule has 0 radical (unpaired) electrons. The molecule has 1 aromatic carbocycles. The molecule has 0 saturated carbocycles. The van der Waals surface area contributed by atoms with E-state index in [1.807, 2.05) is 0 Å². The number of rotatable bonds is 4. The predicted molar refractivity (Wildman–Crippen MR) is 93.1 cm³/mol. The maximum atomic E-state index is 14.0. The van der Waals surface area contributed by atoms with Crippen LogP contribution in [0.25, 0.3) is 0 Å². The molecule has 8 heteroatoms. The first kappa shape index (κ1) is 16.3. The molecule has 3 N–H and O–H groups in total. The second-order valence-corrected chi connectivity index (χ2v) is 5.28. The zero-order chi connectivity index (χ0) is 17.8. The van der Waals surface area contributed by atoms with Gasteiger partial charge in [-0.05, 0) is 30.3 Å². The number of halogens is 1. The zero-order valence-corrected chi connectivity index (χ0v) is 13.3. The van der Waals surface area contributed by atoms with Gasteiger partial charge in [-0.2, -0.15) is 0 Å². The number of carbonyl (C=O) groups is 1. The minimum Gasteiger partial charge on any atom is -0.397 e. The van der Waals surface area contributed by atoms with Gasteiger partial charge in [0.25, 0.3) is 5.91 Å². The van der Waals surface area contributed by atoms with Crippen molar-refractivity contribution in [1.29, 1.82) is 0 Å². The van der Waals surface area contributed by atoms with E-state index >= 15 is 0 Å². The van der Waals surface area contributed by atoms with Gasteiger partial charge in [0.05, 0.1) is 30.0 Å². The van der Waals surface area contributed by atoms with Crippen molar-refractivity contribution in [2.24, 2.45) is 0 Å². The van der Waals surface area contributed by atoms with Crippen molar-refractivity contribution in [2.75, 3.05) is 23.0 Å². The summed E-state index contributed by atoms with van der Waals surface area (Å²) in [7, 11) is 1.73. The van der Waals surface area contributed by atoms with E-state index in [1.165, 1.54) is 18.6 Å². The number of hydrogen-bond donors (Lipinski definition) is 2. The Morgan fingerprint density at radius 1 is 1.12 bits per heavy atom. The van der Waals surface area contributed by atoms with Crippen molar-refractivity contribution in [3.8, 4) is 0 Å². The highest BCUT2D eigenvalue weighted by molar-refractivity contribution is 6.04. The Bertz CT molecular complexity index is 885. The van der Waals surface area contributed by atoms with Crippen LogP contribution in [0.15, 0.2) is 55.2 Å². The van der Waals surface area contributed by atoms with Gasteiger partial charge in [0.15, 0.2) is 0 Å². The van der Waals surface area contributed by atoms with Crippen LogP contribution in [0.1, 0.15) is 10.4 Å². The van der Waals surface area contributed by atoms with E-state index in [4.69, 9.17) is 5.73 Å². The number of carbonyl (C=O) groups excluding carboxylic acids is 1. The molecule has 0 fully saturated rings. The Labute approximate surface area is 143 Å². The first-order chi connectivity index (χ1) is 12.0. The highest BCUT2D eigenvalue weighted by Gasteiger charge is 2.13. The molecule has 0 aliphatic carbocycles. The second kappa shape index (κ2) is 6.91. The Hall–Kier alpha value is -3.55. The van der Waals surface area contributed by atoms with Crippen molar-refractivity contribution >= 4 is 28.8 Å². The maximum absolute atomic E-state index is 14.0. The Kier molecular flexibility index (Phi) is 4.51. The van der Waals surface area contributed by atoms with Crippen LogP contribution in [0.2, 0.25) is 0 Å². The maximum Gasteiger partial charge on any atom is 0.256 e. The highest BCUT2D eigenvalue weighted by Crippen LogP contribution is 2.24. The van der Waals surface area contributed by atoms with Crippen LogP contribution in [0.5, 0.6) is 0 Å². The lowest BCUT2D eigenvalue weighted by Gasteiger charge is -2.19. The molecule has 0 unspecified atom stereocenters. The summed E-state index contributed by atoms with van der Waals surface area (Å²) in [6.45, 7) is 0. The fourth-order valence-electron chi connectivity index (χ4n) is 2.18. The molecule has 25 heavy (non-hydrogen) atoms. The van der Waals surface area contributed by atoms with E-state index in [-0.39, 0.29) is 5.56 Å². The molecule has 2 aromatic heterocycles. The molecule has 126 valence electrons. The number of pyridine rings is 1. The molecule has 2 heterocycles. The third-order valence-corrected chi connectivity index (χ3v) is 3.49. The van der Waals surface area contributed by atoms with E-state index in [2.05, 4.69) is 20.3 Å². The largest absolute Gasteiger partial charge is 0.397 e. The summed E-state index contributed by atoms with van der Waals surface area (Å²) in [5, 5.41) is 2.60. The number of nitrogens with two attached hydrogens (primary N) is 1. The van der Waals surface area contributed by atoms with Crippen LogP contribution in [0.4, 0.5) is 27.3 Å². The van der Waals surface area contributed by atoms with Crippen molar-refractivity contribution in [3.05, 3.63) is 66.6 Å². The average molecular weight is 338 g/mol. The number of benzene rings is 1. The summed E-state index contributed by atoms with van der Waals surface area (Å²) in [5.41, 5.74) is 7.36. The van der Waals surface area contributed by atoms with Gasteiger partial charge in [0, 0.05) is 18.3 Å². The molecule has 0 saturated heterocycles. The van der Waals surface area contributed by atoms with Crippen LogP contribution in [0, 0.1) is 5.82 Å². The van der Waals surface area contributed by atoms with Crippen LogP contribution in [-0.4, -0.2) is 27.9 Å². The van der Waals surface area contributed by atoms with Gasteiger partial charge in [0.2, 0.25) is 0 Å². The zero-order valence-electron chi connectivity index (χ0n) is 13.3. The van der Waals surface area contributed by atoms with Crippen molar-refractivity contribution < 1.29 is 9.18 Å². The number of nitrogens with one attached hydrogen (secondary N) is 1. The van der Waals surface area contributed by atoms with Crippen LogP contribution >= 0.6 is 0 Å². The summed E-state index contributed by atoms with van der Waals surface area (Å²) in [6.07, 6.45) is 6.02. The minimum absolute atomic E-state index is 0.164. The SMILES string of the molecule is CN(c1cncnc1)c1cc(F)cc(C(=O)Nc2ccc(N)cn2)c1. The molecule has 3 aromatic rings. The number of nitrogens with zero attached hydrogens (tertiary/aromatic N) is 4. The molecule has 1 amide bonds. The highest BCUT2D eigenvalue weighted by atomic mass is 19.1. The third-order valence-electron chi connectivity index (χ3n) is 3.49. The Morgan fingerprint density at radius 2 is 1.88 bits per heavy atom. The van der Waals surface area contributed by atoms with Gasteiger partial charge in [-0.3, -0.25) is 4.79 Å². The van der Waals surface area contributed by atoms with Gasteiger partial charge in [-0.1, -0.05) is 0 Å². The van der Waals surface area contributed by atoms with Crippen molar-refractivity contribution in [2.45, 2.75) is 0 Å². The quantitative estimate of drug-likeness (QED) is 0.759. The molecular weight excluding hydrogens is 323 g/mol. The molecule has 3 rings (SSSR count). The fourth-order valence-corrected chi connectivity index (χ4v) is 2.18. The second-order valence-electron chi connectivity index (χ2n) is 5.28. The Morgan fingerprint density at radius 3 is 2.56 bits per heavy atom. The Balaban J connectivity index is 1.86. The number of amides is 1. The first-order valence-corrected chi connectivity index (χ1v) is 7.35. The van der Waals surface area contributed by atoms with E-state index in [0.29, 0.717) is 22.9 Å². The number of anilines is 4. The lowest BCUT2D eigenvalue weighted by molar-refractivity contribution is 0.102. The molecular formula is C17H15FN6O. The molecule has 0 bridgehead atoms. The number of aromatic nitrogens is 3. The summed E-state index contributed by atoms with van der Waals surface area (Å²) in [4.78, 5) is 25.9. The molecule has 0 aliphatic heterocycles. The number of nitrogen functional groups attached to an aromatic ring is 1. The van der Waals surface area contributed by atoms with Crippen molar-refractivity contribution in [1.82, 2.24) is 15.0 Å². The van der Waals surface area contributed by atoms with Gasteiger partial charge in [0.1, 0.15) is 18.0 Å². The van der Waals surface area contributed by atoms with E-state index in [1.54, 1.807) is 42.5 Å². The standard InChI is InChI=1S/C17H15FN6O/c1-24(15-8-20-10-21-9-15)14-5-11(4-12(18)6-14)17(25)23-16-3-2-13(19)7-22-16/h2-10H,19H2,1H3,(H,22,23,25). The van der Waals surface area contributed by atoms with Gasteiger partial charge >= 0.3 is 0 Å². The topological polar surface area (TPSA) is 97.0 Å². The molecule has 7 nitrogen and oxygen atoms in total. The third kappa shape index (κ3) is 3.86. The van der Waals surface area contributed by atoms with Gasteiger partial charge < -0.3 is 16.0 Å². The van der Waals surface area contributed by atoms with Crippen LogP contribution < -0.4 is 16.0 Å². The summed E-state index contributed by atoms with van der Waals surface area (Å²) in [6, 6.07) is 7.24. The summed E-state index contributed by atoms with van der Waals surface area (Å²) < 4.78 is 14.0. The monoisotopic (exact) mass is 338 g/mol. The molecule has 0 aliphatic rings. The van der Waals surface area contributed by atoms with Gasteiger partial charge in [-0.15, -0.1) is 0 Å². The normalized spacial score (nSPS) is 10.3. The summed E-state index contributed by atoms with van der Waals surface area (Å²) >= 11 is 0. The van der Waals surface area contributed by atoms with Crippen LogP contribution in [0.3, 0.4) is 0 Å². The smallest absolute Gasteiger partial charge is 0.256 e. The minimum atomic E-state index is -0.531. The first-order valence-electron chi connectivity index (χ1n) is 7.35. The van der Waals surface area contributed by atoms with Crippen LogP contribution in [-0.2, 0) is 0 Å². The van der Waals surface area contributed by atoms with Crippen molar-refractivity contribution in [3.63, 3.8) is 0 Å². The van der Waals surface area contributed by atoms with E-state index in [9.17, 15) is 9.18 Å². The number of hydrogen-bond acceptors (Lipinski definition) is 6. The van der Waals surface area contributed by atoms with E-state index in [0.717, 1.165) is 6.07 Å². The summed E-state index contributed by atoms with van der Waals surface area (Å²) in [5.74, 6) is -0.679. The lowest BCUT2D eigenvalue weighted by atomic mass is 10.1. The van der Waals surface area contributed by atoms with Gasteiger partial charge in [-0.25, -0.2) is 19.3 Å². The lowest BCUT2D eigenvalue weighted by Crippen LogP contribution is -2.15. The molecule has 0 atom stereocenters.